The van der Waals surface area contributed by atoms with Crippen molar-refractivity contribution in [3.05, 3.63) is 0 Å². The number of amides is 1. The molecular formula is C12H22N2O3. The standard InChI is InChI=1S/C12H22N2O3/c1-8(11(15)14(2)3)13-10-6-4-9(5-7-10)12(16)17/h8-10,13H,4-7H2,1-3H3,(H,16,17). The van der Waals surface area contributed by atoms with Crippen molar-refractivity contribution in [1.82, 2.24) is 10.2 Å². The van der Waals surface area contributed by atoms with E-state index in [0.29, 0.717) is 12.8 Å². The molecule has 0 saturated heterocycles. The number of carboxylic acids is 1. The summed E-state index contributed by atoms with van der Waals surface area (Å²) in [7, 11) is 3.48. The normalized spacial score (nSPS) is 26.3. The minimum absolute atomic E-state index is 0.0605. The maximum atomic E-state index is 11.7. The van der Waals surface area contributed by atoms with Crippen LogP contribution < -0.4 is 5.32 Å². The molecule has 1 fully saturated rings. The molecule has 98 valence electrons. The van der Waals surface area contributed by atoms with Crippen LogP contribution in [0, 0.1) is 5.92 Å². The van der Waals surface area contributed by atoms with Crippen molar-refractivity contribution in [1.29, 1.82) is 0 Å². The van der Waals surface area contributed by atoms with E-state index in [0.717, 1.165) is 12.8 Å². The molecule has 1 saturated carbocycles. The molecule has 0 aromatic carbocycles. The highest BCUT2D eigenvalue weighted by molar-refractivity contribution is 5.80. The molecule has 0 aromatic rings. The van der Waals surface area contributed by atoms with Gasteiger partial charge in [-0.2, -0.15) is 0 Å². The van der Waals surface area contributed by atoms with E-state index in [1.807, 2.05) is 6.92 Å². The first kappa shape index (κ1) is 14.0. The van der Waals surface area contributed by atoms with Crippen LogP contribution in [0.5, 0.6) is 0 Å². The van der Waals surface area contributed by atoms with Gasteiger partial charge in [0.25, 0.3) is 0 Å². The van der Waals surface area contributed by atoms with Crippen LogP contribution in [0.2, 0.25) is 0 Å². The number of likely N-dealkylation sites (N-methyl/N-ethyl adjacent to an activating group) is 1. The summed E-state index contributed by atoms with van der Waals surface area (Å²) in [5.41, 5.74) is 0. The number of rotatable bonds is 4. The van der Waals surface area contributed by atoms with Gasteiger partial charge < -0.3 is 15.3 Å². The minimum atomic E-state index is -0.694. The topological polar surface area (TPSA) is 69.6 Å². The lowest BCUT2D eigenvalue weighted by atomic mass is 9.86. The minimum Gasteiger partial charge on any atom is -0.481 e. The highest BCUT2D eigenvalue weighted by atomic mass is 16.4. The van der Waals surface area contributed by atoms with Crippen LogP contribution in [0.25, 0.3) is 0 Å². The summed E-state index contributed by atoms with van der Waals surface area (Å²) >= 11 is 0. The summed E-state index contributed by atoms with van der Waals surface area (Å²) in [5, 5.41) is 12.2. The zero-order valence-electron chi connectivity index (χ0n) is 10.8. The molecule has 1 aliphatic carbocycles. The summed E-state index contributed by atoms with van der Waals surface area (Å²) in [4.78, 5) is 24.0. The monoisotopic (exact) mass is 242 g/mol. The molecule has 1 amide bonds. The second kappa shape index (κ2) is 6.00. The van der Waals surface area contributed by atoms with Crippen LogP contribution in [0.1, 0.15) is 32.6 Å². The molecule has 5 nitrogen and oxygen atoms in total. The van der Waals surface area contributed by atoms with Crippen LogP contribution in [0.15, 0.2) is 0 Å². The fourth-order valence-corrected chi connectivity index (χ4v) is 2.32. The van der Waals surface area contributed by atoms with Gasteiger partial charge in [0.1, 0.15) is 0 Å². The van der Waals surface area contributed by atoms with Gasteiger partial charge in [0.05, 0.1) is 12.0 Å². The van der Waals surface area contributed by atoms with Crippen molar-refractivity contribution in [2.75, 3.05) is 14.1 Å². The molecule has 0 bridgehead atoms. The van der Waals surface area contributed by atoms with Crippen molar-refractivity contribution >= 4 is 11.9 Å². The highest BCUT2D eigenvalue weighted by Gasteiger charge is 2.27. The Morgan fingerprint density at radius 1 is 1.24 bits per heavy atom. The van der Waals surface area contributed by atoms with Gasteiger partial charge >= 0.3 is 5.97 Å². The van der Waals surface area contributed by atoms with Gasteiger partial charge in [0.2, 0.25) is 5.91 Å². The molecule has 2 N–H and O–H groups in total. The number of nitrogens with zero attached hydrogens (tertiary/aromatic N) is 1. The van der Waals surface area contributed by atoms with Gasteiger partial charge in [0.15, 0.2) is 0 Å². The molecule has 0 aliphatic heterocycles. The molecule has 1 aliphatic rings. The van der Waals surface area contributed by atoms with Crippen molar-refractivity contribution in [3.63, 3.8) is 0 Å². The first-order chi connectivity index (χ1) is 7.91. The summed E-state index contributed by atoms with van der Waals surface area (Å²) in [5.74, 6) is -0.834. The lowest BCUT2D eigenvalue weighted by molar-refractivity contribution is -0.143. The van der Waals surface area contributed by atoms with Crippen LogP contribution in [-0.2, 0) is 9.59 Å². The smallest absolute Gasteiger partial charge is 0.306 e. The van der Waals surface area contributed by atoms with Gasteiger partial charge in [-0.25, -0.2) is 0 Å². The Balaban J connectivity index is 2.35. The van der Waals surface area contributed by atoms with Crippen molar-refractivity contribution < 1.29 is 14.7 Å². The Kier molecular flexibility index (Phi) is 4.93. The molecule has 0 spiro atoms. The molecule has 17 heavy (non-hydrogen) atoms. The third kappa shape index (κ3) is 4.00. The summed E-state index contributed by atoms with van der Waals surface area (Å²) in [6, 6.07) is 0.0703. The molecule has 0 radical (unpaired) electrons. The SMILES string of the molecule is CC(NC1CCC(C(=O)O)CC1)C(=O)N(C)C. The highest BCUT2D eigenvalue weighted by Crippen LogP contribution is 2.24. The fourth-order valence-electron chi connectivity index (χ4n) is 2.32. The second-order valence-corrected chi connectivity index (χ2v) is 5.01. The first-order valence-electron chi connectivity index (χ1n) is 6.11. The van der Waals surface area contributed by atoms with Gasteiger partial charge in [-0.3, -0.25) is 9.59 Å². The Labute approximate surface area is 102 Å². The van der Waals surface area contributed by atoms with Crippen LogP contribution >= 0.6 is 0 Å². The lowest BCUT2D eigenvalue weighted by Crippen LogP contribution is -2.47. The predicted octanol–water partition coefficient (Wildman–Crippen LogP) is 0.696. The molecule has 5 heteroatoms. The third-order valence-corrected chi connectivity index (χ3v) is 3.37. The number of carbonyl (C=O) groups excluding carboxylic acids is 1. The zero-order valence-corrected chi connectivity index (χ0v) is 10.8. The second-order valence-electron chi connectivity index (χ2n) is 5.01. The Morgan fingerprint density at radius 3 is 2.18 bits per heavy atom. The third-order valence-electron chi connectivity index (χ3n) is 3.37. The largest absolute Gasteiger partial charge is 0.481 e. The fraction of sp³-hybridized carbons (Fsp3) is 0.833. The average Bonchev–Trinajstić information content (AvgIpc) is 2.28. The van der Waals surface area contributed by atoms with Crippen LogP contribution in [0.3, 0.4) is 0 Å². The number of carboxylic acid groups (broad SMARTS) is 1. The number of hydrogen-bond donors (Lipinski definition) is 2. The lowest BCUT2D eigenvalue weighted by Gasteiger charge is -2.29. The van der Waals surface area contributed by atoms with Gasteiger partial charge in [-0.1, -0.05) is 0 Å². The predicted molar refractivity (Wildman–Crippen MR) is 64.7 cm³/mol. The Hall–Kier alpha value is -1.10. The molecule has 0 aromatic heterocycles. The van der Waals surface area contributed by atoms with Gasteiger partial charge in [0, 0.05) is 20.1 Å². The van der Waals surface area contributed by atoms with E-state index in [9.17, 15) is 9.59 Å². The van der Waals surface area contributed by atoms with Crippen molar-refractivity contribution in [2.45, 2.75) is 44.7 Å². The number of nitrogens with one attached hydrogen (secondary N) is 1. The van der Waals surface area contributed by atoms with E-state index in [1.165, 1.54) is 0 Å². The van der Waals surface area contributed by atoms with E-state index in [-0.39, 0.29) is 23.9 Å². The number of aliphatic carboxylic acids is 1. The van der Waals surface area contributed by atoms with Crippen LogP contribution in [-0.4, -0.2) is 48.1 Å². The van der Waals surface area contributed by atoms with Crippen molar-refractivity contribution in [3.8, 4) is 0 Å². The molecular weight excluding hydrogens is 220 g/mol. The number of hydrogen-bond acceptors (Lipinski definition) is 3. The first-order valence-corrected chi connectivity index (χ1v) is 6.11. The molecule has 1 atom stereocenters. The Morgan fingerprint density at radius 2 is 1.76 bits per heavy atom. The maximum Gasteiger partial charge on any atom is 0.306 e. The van der Waals surface area contributed by atoms with E-state index in [1.54, 1.807) is 19.0 Å². The van der Waals surface area contributed by atoms with E-state index < -0.39 is 5.97 Å². The maximum absolute atomic E-state index is 11.7. The van der Waals surface area contributed by atoms with Crippen molar-refractivity contribution in [2.24, 2.45) is 5.92 Å². The van der Waals surface area contributed by atoms with E-state index in [2.05, 4.69) is 5.32 Å². The summed E-state index contributed by atoms with van der Waals surface area (Å²) in [6.45, 7) is 1.85. The molecule has 0 heterocycles. The Bertz CT molecular complexity index is 283. The average molecular weight is 242 g/mol. The molecule has 1 unspecified atom stereocenters. The van der Waals surface area contributed by atoms with E-state index >= 15 is 0 Å². The van der Waals surface area contributed by atoms with Gasteiger partial charge in [-0.15, -0.1) is 0 Å². The van der Waals surface area contributed by atoms with E-state index in [4.69, 9.17) is 5.11 Å². The quantitative estimate of drug-likeness (QED) is 0.761. The number of carbonyl (C=O) groups is 2. The summed E-state index contributed by atoms with van der Waals surface area (Å²) in [6.07, 6.45) is 3.08. The molecule has 1 rings (SSSR count). The van der Waals surface area contributed by atoms with Crippen LogP contribution in [0.4, 0.5) is 0 Å². The zero-order chi connectivity index (χ0) is 13.0. The summed E-state index contributed by atoms with van der Waals surface area (Å²) < 4.78 is 0. The van der Waals surface area contributed by atoms with Gasteiger partial charge in [-0.05, 0) is 32.6 Å².